The Morgan fingerprint density at radius 1 is 0.733 bits per heavy atom. The average Bonchev–Trinajstić information content (AvgIpc) is 2.97. The van der Waals surface area contributed by atoms with E-state index in [0.717, 1.165) is 17.0 Å². The fraction of sp³-hybridized carbons (Fsp3) is 0.370. The molecule has 0 saturated carbocycles. The maximum atomic E-state index is 13.9. The third-order valence-corrected chi connectivity index (χ3v) is 5.40. The summed E-state index contributed by atoms with van der Waals surface area (Å²) in [5.41, 5.74) is -0.522. The fourth-order valence-electron chi connectivity index (χ4n) is 3.40. The van der Waals surface area contributed by atoms with Crippen LogP contribution in [0.15, 0.2) is 60.7 Å². The second-order valence-corrected chi connectivity index (χ2v) is 8.92. The van der Waals surface area contributed by atoms with E-state index in [1.807, 2.05) is 0 Å². The smallest absolute Gasteiger partial charge is 0.422 e. The minimum atomic E-state index is -4.87. The monoisotopic (exact) mass is 656 g/mol. The van der Waals surface area contributed by atoms with E-state index in [1.165, 1.54) is 0 Å². The summed E-state index contributed by atoms with van der Waals surface area (Å²) in [7, 11) is 0. The fourth-order valence-corrected chi connectivity index (χ4v) is 3.40. The van der Waals surface area contributed by atoms with E-state index >= 15 is 0 Å². The van der Waals surface area contributed by atoms with Crippen LogP contribution < -0.4 is 19.3 Å². The van der Waals surface area contributed by atoms with Crippen LogP contribution in [0.4, 0.5) is 55.9 Å². The Bertz CT molecular complexity index is 1340. The number of ether oxygens (including phenoxy) is 4. The largest absolute Gasteiger partial charge is 0.468 e. The number of rotatable bonds is 13. The molecule has 2 amide bonds. The van der Waals surface area contributed by atoms with Gasteiger partial charge in [0.05, 0.1) is 18.2 Å². The maximum absolute atomic E-state index is 13.9. The van der Waals surface area contributed by atoms with Crippen LogP contribution in [0.5, 0.6) is 11.8 Å². The molecule has 0 aliphatic heterocycles. The van der Waals surface area contributed by atoms with Crippen molar-refractivity contribution in [3.05, 3.63) is 71.8 Å². The molecule has 2 aromatic carbocycles. The second-order valence-electron chi connectivity index (χ2n) is 8.92. The first-order valence-corrected chi connectivity index (χ1v) is 12.8. The van der Waals surface area contributed by atoms with Gasteiger partial charge in [-0.25, -0.2) is 9.69 Å². The molecular weight excluding hydrogens is 631 g/mol. The number of halogens is 9. The Morgan fingerprint density at radius 3 is 1.76 bits per heavy atom. The lowest BCUT2D eigenvalue weighted by atomic mass is 10.2. The van der Waals surface area contributed by atoms with Crippen LogP contribution in [0, 0.1) is 0 Å². The molecule has 45 heavy (non-hydrogen) atoms. The zero-order valence-corrected chi connectivity index (χ0v) is 23.2. The lowest BCUT2D eigenvalue weighted by Crippen LogP contribution is -2.46. The highest BCUT2D eigenvalue weighted by Crippen LogP contribution is 2.31. The third-order valence-electron chi connectivity index (χ3n) is 5.40. The summed E-state index contributed by atoms with van der Waals surface area (Å²) < 4.78 is 137. The molecule has 3 aromatic rings. The van der Waals surface area contributed by atoms with Crippen molar-refractivity contribution in [1.82, 2.24) is 9.97 Å². The normalized spacial score (nSPS) is 12.1. The summed E-state index contributed by atoms with van der Waals surface area (Å²) in [5.74, 6) is -2.61. The summed E-state index contributed by atoms with van der Waals surface area (Å²) >= 11 is 0. The highest BCUT2D eigenvalue weighted by atomic mass is 19.4. The predicted octanol–water partition coefficient (Wildman–Crippen LogP) is 6.98. The van der Waals surface area contributed by atoms with Crippen LogP contribution in [-0.2, 0) is 22.3 Å². The molecule has 0 fully saturated rings. The van der Waals surface area contributed by atoms with Crippen molar-refractivity contribution in [3.63, 3.8) is 0 Å². The summed E-state index contributed by atoms with van der Waals surface area (Å²) in [5, 5.41) is 0. The van der Waals surface area contributed by atoms with E-state index in [1.54, 1.807) is 37.3 Å². The van der Waals surface area contributed by atoms with Gasteiger partial charge < -0.3 is 18.9 Å². The van der Waals surface area contributed by atoms with Crippen molar-refractivity contribution in [2.75, 3.05) is 43.1 Å². The van der Waals surface area contributed by atoms with E-state index in [2.05, 4.69) is 19.4 Å². The molecule has 246 valence electrons. The van der Waals surface area contributed by atoms with Crippen LogP contribution in [0.3, 0.4) is 0 Å². The molecule has 0 aliphatic carbocycles. The van der Waals surface area contributed by atoms with Crippen LogP contribution in [0.2, 0.25) is 0 Å². The van der Waals surface area contributed by atoms with Gasteiger partial charge in [-0.1, -0.05) is 30.3 Å². The van der Waals surface area contributed by atoms with Crippen molar-refractivity contribution in [3.8, 4) is 11.8 Å². The molecule has 1 aromatic heterocycles. The van der Waals surface area contributed by atoms with E-state index in [4.69, 9.17) is 9.47 Å². The predicted molar refractivity (Wildman–Crippen MR) is 140 cm³/mol. The van der Waals surface area contributed by atoms with Gasteiger partial charge in [0.25, 0.3) is 0 Å². The van der Waals surface area contributed by atoms with Crippen LogP contribution in [0.1, 0.15) is 18.1 Å². The number of aromatic nitrogens is 2. The maximum Gasteiger partial charge on any atom is 0.422 e. The zero-order chi connectivity index (χ0) is 33.3. The van der Waals surface area contributed by atoms with E-state index in [0.29, 0.717) is 28.7 Å². The van der Waals surface area contributed by atoms with Crippen molar-refractivity contribution in [1.29, 1.82) is 0 Å². The first-order chi connectivity index (χ1) is 21.1. The molecule has 0 saturated heterocycles. The number of carbonyl (C=O) groups excluding carboxylic acids is 1. The summed E-state index contributed by atoms with van der Waals surface area (Å²) in [6.45, 7) is -3.61. The van der Waals surface area contributed by atoms with Crippen LogP contribution >= 0.6 is 0 Å². The SMILES string of the molecule is CCOCN(C(=O)N(COCc1ccccc1)c1nc(OCC(F)(F)F)cc(OCC(F)(F)F)n1)c1ccc(C(F)(F)F)cc1. The molecule has 0 spiro atoms. The molecule has 0 N–H and O–H groups in total. The number of hydrogen-bond acceptors (Lipinski definition) is 7. The summed E-state index contributed by atoms with van der Waals surface area (Å²) in [6, 6.07) is 11.2. The highest BCUT2D eigenvalue weighted by Gasteiger charge is 2.34. The Kier molecular flexibility index (Phi) is 11.8. The molecule has 1 heterocycles. The van der Waals surface area contributed by atoms with Gasteiger partial charge in [-0.3, -0.25) is 4.90 Å². The van der Waals surface area contributed by atoms with E-state index in [-0.39, 0.29) is 18.9 Å². The van der Waals surface area contributed by atoms with E-state index in [9.17, 15) is 44.3 Å². The number of anilines is 2. The molecule has 9 nitrogen and oxygen atoms in total. The Morgan fingerprint density at radius 2 is 1.27 bits per heavy atom. The van der Waals surface area contributed by atoms with E-state index < -0.39 is 74.5 Å². The Labute approximate surface area is 250 Å². The molecule has 0 atom stereocenters. The lowest BCUT2D eigenvalue weighted by molar-refractivity contribution is -0.154. The minimum Gasteiger partial charge on any atom is -0.468 e. The topological polar surface area (TPSA) is 86.3 Å². The molecule has 0 aliphatic rings. The van der Waals surface area contributed by atoms with Crippen LogP contribution in [-0.4, -0.2) is 61.6 Å². The van der Waals surface area contributed by atoms with Crippen molar-refractivity contribution in [2.24, 2.45) is 0 Å². The first-order valence-electron chi connectivity index (χ1n) is 12.8. The molecule has 18 heteroatoms. The second kappa shape index (κ2) is 15.1. The van der Waals surface area contributed by atoms with Gasteiger partial charge in [-0.2, -0.15) is 49.5 Å². The number of hydrogen-bond donors (Lipinski definition) is 0. The highest BCUT2D eigenvalue weighted by molar-refractivity contribution is 6.02. The van der Waals surface area contributed by atoms with Crippen LogP contribution in [0.25, 0.3) is 0 Å². The van der Waals surface area contributed by atoms with Gasteiger partial charge in [-0.15, -0.1) is 0 Å². The van der Waals surface area contributed by atoms with Gasteiger partial charge in [0.2, 0.25) is 17.7 Å². The van der Waals surface area contributed by atoms with Gasteiger partial charge in [0.15, 0.2) is 13.2 Å². The zero-order valence-electron chi connectivity index (χ0n) is 23.2. The Balaban J connectivity index is 2.05. The Hall–Kier alpha value is -4.32. The molecule has 0 radical (unpaired) electrons. The van der Waals surface area contributed by atoms with Crippen molar-refractivity contribution >= 4 is 17.7 Å². The summed E-state index contributed by atoms with van der Waals surface area (Å²) in [6.07, 6.45) is -14.4. The number of amides is 2. The molecular formula is C27H25F9N4O5. The number of alkyl halides is 9. The van der Waals surface area contributed by atoms with Gasteiger partial charge in [0.1, 0.15) is 13.5 Å². The first kappa shape index (κ1) is 35.2. The molecule has 0 unspecified atom stereocenters. The van der Waals surface area contributed by atoms with Gasteiger partial charge in [0, 0.05) is 12.3 Å². The third kappa shape index (κ3) is 11.6. The van der Waals surface area contributed by atoms with Gasteiger partial charge >= 0.3 is 24.6 Å². The number of urea groups is 1. The average molecular weight is 657 g/mol. The van der Waals surface area contributed by atoms with Crippen molar-refractivity contribution < 1.29 is 63.3 Å². The number of benzene rings is 2. The standard InChI is InChI=1S/C27H25F9N4O5/c1-2-42-16-39(20-10-8-19(9-11-20)27(34,35)36)24(41)40(17-43-13-18-6-4-3-5-7-18)23-37-21(44-14-25(28,29)30)12-22(38-23)45-15-26(31,32)33/h3-12H,2,13-17H2,1H3. The number of nitrogens with zero attached hydrogens (tertiary/aromatic N) is 4. The van der Waals surface area contributed by atoms with Crippen molar-refractivity contribution in [2.45, 2.75) is 32.1 Å². The quantitative estimate of drug-likeness (QED) is 0.145. The molecule has 3 rings (SSSR count). The summed E-state index contributed by atoms with van der Waals surface area (Å²) in [4.78, 5) is 22.8. The minimum absolute atomic E-state index is 0.0433. The molecule has 0 bridgehead atoms. The lowest BCUT2D eigenvalue weighted by Gasteiger charge is -2.29. The number of carbonyl (C=O) groups is 1. The van der Waals surface area contributed by atoms with Gasteiger partial charge in [-0.05, 0) is 36.8 Å².